The van der Waals surface area contributed by atoms with Crippen LogP contribution in [-0.4, -0.2) is 38.3 Å². The zero-order valence-electron chi connectivity index (χ0n) is 17.2. The Labute approximate surface area is 190 Å². The van der Waals surface area contributed by atoms with Crippen LogP contribution in [0.3, 0.4) is 0 Å². The van der Waals surface area contributed by atoms with Crippen molar-refractivity contribution < 1.29 is 27.1 Å². The van der Waals surface area contributed by atoms with Crippen molar-refractivity contribution in [3.63, 3.8) is 0 Å². The number of aliphatic hydroxyl groups excluding tert-OH is 1. The summed E-state index contributed by atoms with van der Waals surface area (Å²) < 4.78 is 68.4. The first kappa shape index (κ1) is 22.3. The van der Waals surface area contributed by atoms with Crippen molar-refractivity contribution in [3.8, 4) is 0 Å². The molecule has 0 radical (unpaired) electrons. The van der Waals surface area contributed by atoms with Gasteiger partial charge < -0.3 is 10.0 Å². The largest absolute Gasteiger partial charge is 0.417 e. The summed E-state index contributed by atoms with van der Waals surface area (Å²) in [5, 5.41) is 18.0. The predicted molar refractivity (Wildman–Crippen MR) is 112 cm³/mol. The van der Waals surface area contributed by atoms with Crippen molar-refractivity contribution in [3.05, 3.63) is 58.5 Å². The Balaban J connectivity index is 1.47. The fourth-order valence-corrected chi connectivity index (χ4v) is 4.72. The van der Waals surface area contributed by atoms with E-state index in [2.05, 4.69) is 10.2 Å². The summed E-state index contributed by atoms with van der Waals surface area (Å²) in [6.07, 6.45) is -2.89. The van der Waals surface area contributed by atoms with Crippen molar-refractivity contribution in [1.29, 1.82) is 0 Å². The van der Waals surface area contributed by atoms with Crippen LogP contribution in [0.25, 0.3) is 5.65 Å². The molecule has 1 aliphatic carbocycles. The van der Waals surface area contributed by atoms with Gasteiger partial charge in [0.2, 0.25) is 0 Å². The fraction of sp³-hybridized carbons (Fsp3) is 0.455. The second kappa shape index (κ2) is 7.80. The van der Waals surface area contributed by atoms with E-state index >= 15 is 0 Å². The standard InChI is InChI=1S/C22H20ClF5N4O/c23-17-2-1-12(7-16(17)22(26,27)28)18-10-15(33)4-6-31(18)14-3-5-32-19(29-30-20(32)9-14)8-13-11-21(13,24)25/h1-3,5,7,9,13,15,18,33H,4,6,8,10-11H2. The number of fused-ring (bicyclic) bond motifs is 1. The highest BCUT2D eigenvalue weighted by molar-refractivity contribution is 6.31. The second-order valence-corrected chi connectivity index (χ2v) is 9.13. The van der Waals surface area contributed by atoms with Crippen LogP contribution >= 0.6 is 11.6 Å². The number of pyridine rings is 1. The number of hydrogen-bond acceptors (Lipinski definition) is 4. The molecule has 5 rings (SSSR count). The molecule has 2 fully saturated rings. The Morgan fingerprint density at radius 3 is 2.61 bits per heavy atom. The third-order valence-corrected chi connectivity index (χ3v) is 6.77. The summed E-state index contributed by atoms with van der Waals surface area (Å²) in [5.41, 5.74) is 0.626. The minimum atomic E-state index is -4.60. The minimum absolute atomic E-state index is 0.122. The van der Waals surface area contributed by atoms with Gasteiger partial charge >= 0.3 is 6.18 Å². The number of aliphatic hydroxyl groups is 1. The number of nitrogens with zero attached hydrogens (tertiary/aromatic N) is 4. The molecule has 0 spiro atoms. The van der Waals surface area contributed by atoms with E-state index in [0.29, 0.717) is 35.7 Å². The lowest BCUT2D eigenvalue weighted by atomic mass is 9.91. The van der Waals surface area contributed by atoms with Crippen LogP contribution in [0, 0.1) is 5.92 Å². The van der Waals surface area contributed by atoms with Gasteiger partial charge in [0.15, 0.2) is 5.65 Å². The third-order valence-electron chi connectivity index (χ3n) is 6.44. The lowest BCUT2D eigenvalue weighted by molar-refractivity contribution is -0.137. The summed E-state index contributed by atoms with van der Waals surface area (Å²) in [5.74, 6) is -2.94. The molecule has 176 valence electrons. The molecule has 3 unspecified atom stereocenters. The average Bonchev–Trinajstić information content (AvgIpc) is 3.15. The summed E-state index contributed by atoms with van der Waals surface area (Å²) in [4.78, 5) is 1.92. The first-order valence-corrected chi connectivity index (χ1v) is 10.9. The van der Waals surface area contributed by atoms with E-state index in [-0.39, 0.29) is 24.3 Å². The Bertz CT molecular complexity index is 1200. The van der Waals surface area contributed by atoms with Crippen LogP contribution in [-0.2, 0) is 12.6 Å². The van der Waals surface area contributed by atoms with Crippen molar-refractivity contribution in [2.45, 2.75) is 49.9 Å². The number of aromatic nitrogens is 3. The van der Waals surface area contributed by atoms with Crippen LogP contribution in [0.4, 0.5) is 27.6 Å². The first-order chi connectivity index (χ1) is 15.5. The molecule has 1 aliphatic heterocycles. The summed E-state index contributed by atoms with van der Waals surface area (Å²) in [6.45, 7) is 0.418. The molecule has 2 aliphatic rings. The van der Waals surface area contributed by atoms with Gasteiger partial charge in [-0.05, 0) is 36.6 Å². The van der Waals surface area contributed by atoms with E-state index in [1.165, 1.54) is 12.1 Å². The highest BCUT2D eigenvalue weighted by atomic mass is 35.5. The number of piperidine rings is 1. The Hall–Kier alpha value is -2.46. The molecule has 1 aromatic carbocycles. The number of hydrogen-bond donors (Lipinski definition) is 1. The smallest absolute Gasteiger partial charge is 0.393 e. The molecule has 3 atom stereocenters. The van der Waals surface area contributed by atoms with E-state index < -0.39 is 35.7 Å². The van der Waals surface area contributed by atoms with Gasteiger partial charge in [-0.15, -0.1) is 10.2 Å². The zero-order valence-corrected chi connectivity index (χ0v) is 18.0. The van der Waals surface area contributed by atoms with Gasteiger partial charge in [-0.3, -0.25) is 4.40 Å². The quantitative estimate of drug-likeness (QED) is 0.508. The number of anilines is 1. The average molecular weight is 487 g/mol. The van der Waals surface area contributed by atoms with Crippen LogP contribution in [0.5, 0.6) is 0 Å². The van der Waals surface area contributed by atoms with Crippen molar-refractivity contribution in [1.82, 2.24) is 14.6 Å². The molecular weight excluding hydrogens is 467 g/mol. The highest BCUT2D eigenvalue weighted by Gasteiger charge is 2.56. The second-order valence-electron chi connectivity index (χ2n) is 8.72. The van der Waals surface area contributed by atoms with Gasteiger partial charge in [0.05, 0.1) is 22.7 Å². The molecule has 2 aromatic heterocycles. The summed E-state index contributed by atoms with van der Waals surface area (Å²) >= 11 is 5.78. The van der Waals surface area contributed by atoms with Crippen LogP contribution in [0.1, 0.15) is 42.3 Å². The molecule has 1 saturated carbocycles. The van der Waals surface area contributed by atoms with Crippen molar-refractivity contribution in [2.24, 2.45) is 5.92 Å². The molecule has 3 heterocycles. The molecule has 0 bridgehead atoms. The highest BCUT2D eigenvalue weighted by Crippen LogP contribution is 2.50. The monoisotopic (exact) mass is 486 g/mol. The minimum Gasteiger partial charge on any atom is -0.393 e. The molecule has 11 heteroatoms. The lowest BCUT2D eigenvalue weighted by Crippen LogP contribution is -2.39. The molecular formula is C22H20ClF5N4O. The maximum absolute atomic E-state index is 13.4. The van der Waals surface area contributed by atoms with Crippen LogP contribution < -0.4 is 4.90 Å². The van der Waals surface area contributed by atoms with Crippen LogP contribution in [0.2, 0.25) is 5.02 Å². The molecule has 33 heavy (non-hydrogen) atoms. The van der Waals surface area contributed by atoms with E-state index in [1.54, 1.807) is 22.7 Å². The van der Waals surface area contributed by atoms with Crippen molar-refractivity contribution in [2.75, 3.05) is 11.4 Å². The van der Waals surface area contributed by atoms with Crippen molar-refractivity contribution >= 4 is 22.9 Å². The lowest BCUT2D eigenvalue weighted by Gasteiger charge is -2.40. The topological polar surface area (TPSA) is 53.7 Å². The van der Waals surface area contributed by atoms with E-state index in [1.807, 2.05) is 4.90 Å². The third kappa shape index (κ3) is 4.26. The van der Waals surface area contributed by atoms with Crippen LogP contribution in [0.15, 0.2) is 36.5 Å². The Morgan fingerprint density at radius 2 is 1.91 bits per heavy atom. The molecule has 3 aromatic rings. The molecule has 0 amide bonds. The normalized spacial score (nSPS) is 24.9. The molecule has 5 nitrogen and oxygen atoms in total. The van der Waals surface area contributed by atoms with E-state index in [0.717, 1.165) is 6.07 Å². The SMILES string of the molecule is OC1CCN(c2ccn3c(CC4CC4(F)F)nnc3c2)C(c2ccc(Cl)c(C(F)(F)F)c2)C1. The zero-order chi connectivity index (χ0) is 23.5. The molecule has 1 N–H and O–H groups in total. The fourth-order valence-electron chi connectivity index (χ4n) is 4.50. The van der Waals surface area contributed by atoms with E-state index in [9.17, 15) is 27.1 Å². The van der Waals surface area contributed by atoms with Gasteiger partial charge in [0.25, 0.3) is 5.92 Å². The number of rotatable bonds is 4. The Kier molecular flexibility index (Phi) is 5.28. The van der Waals surface area contributed by atoms with E-state index in [4.69, 9.17) is 11.6 Å². The number of halogens is 6. The number of alkyl halides is 5. The first-order valence-electron chi connectivity index (χ1n) is 10.6. The van der Waals surface area contributed by atoms with Gasteiger partial charge in [-0.1, -0.05) is 17.7 Å². The Morgan fingerprint density at radius 1 is 1.15 bits per heavy atom. The predicted octanol–water partition coefficient (Wildman–Crippen LogP) is 5.30. The summed E-state index contributed by atoms with van der Waals surface area (Å²) in [6, 6.07) is 6.77. The van der Waals surface area contributed by atoms with Gasteiger partial charge in [-0.25, -0.2) is 8.78 Å². The van der Waals surface area contributed by atoms with Gasteiger partial charge in [-0.2, -0.15) is 13.2 Å². The van der Waals surface area contributed by atoms with Gasteiger partial charge in [0.1, 0.15) is 5.82 Å². The number of benzene rings is 1. The maximum atomic E-state index is 13.4. The summed E-state index contributed by atoms with van der Waals surface area (Å²) in [7, 11) is 0. The maximum Gasteiger partial charge on any atom is 0.417 e. The molecule has 1 saturated heterocycles. The van der Waals surface area contributed by atoms with Gasteiger partial charge in [0, 0.05) is 43.3 Å².